The lowest BCUT2D eigenvalue weighted by Crippen LogP contribution is -2.14. The normalized spacial score (nSPS) is 12.1. The quantitative estimate of drug-likeness (QED) is 0.902. The lowest BCUT2D eigenvalue weighted by atomic mass is 9.94. The van der Waals surface area contributed by atoms with Crippen molar-refractivity contribution in [3.05, 3.63) is 57.1 Å². The Bertz CT molecular complexity index is 655. The van der Waals surface area contributed by atoms with Crippen molar-refractivity contribution in [2.24, 2.45) is 5.73 Å². The molecule has 2 aromatic carbocycles. The zero-order chi connectivity index (χ0) is 15.6. The third-order valence-electron chi connectivity index (χ3n) is 3.61. The van der Waals surface area contributed by atoms with E-state index in [9.17, 15) is 0 Å². The summed E-state index contributed by atoms with van der Waals surface area (Å²) >= 11 is 3.58. The topological polar surface area (TPSA) is 44.5 Å². The standard InChI is InChI=1S/C17H20BrNO2/c1-10-5-6-11(2)12(7-10)17(19)13-8-15(20-3)16(21-4)9-14(13)18/h5-9,17H,19H2,1-4H3. The van der Waals surface area contributed by atoms with Crippen LogP contribution in [-0.2, 0) is 0 Å². The van der Waals surface area contributed by atoms with E-state index < -0.39 is 0 Å². The van der Waals surface area contributed by atoms with Crippen LogP contribution in [0, 0.1) is 13.8 Å². The van der Waals surface area contributed by atoms with Gasteiger partial charge in [-0.05, 0) is 42.7 Å². The number of nitrogens with two attached hydrogens (primary N) is 1. The van der Waals surface area contributed by atoms with Crippen LogP contribution in [0.5, 0.6) is 11.5 Å². The van der Waals surface area contributed by atoms with Gasteiger partial charge < -0.3 is 15.2 Å². The van der Waals surface area contributed by atoms with Gasteiger partial charge in [-0.1, -0.05) is 39.7 Å². The predicted octanol–water partition coefficient (Wildman–Crippen LogP) is 4.13. The van der Waals surface area contributed by atoms with Crippen molar-refractivity contribution in [1.82, 2.24) is 0 Å². The summed E-state index contributed by atoms with van der Waals surface area (Å²) in [6, 6.07) is 9.91. The molecule has 4 heteroatoms. The molecule has 2 N–H and O–H groups in total. The number of rotatable bonds is 4. The van der Waals surface area contributed by atoms with E-state index in [0.717, 1.165) is 15.6 Å². The molecule has 1 atom stereocenters. The van der Waals surface area contributed by atoms with Gasteiger partial charge in [-0.3, -0.25) is 0 Å². The molecule has 0 aliphatic rings. The largest absolute Gasteiger partial charge is 0.493 e. The molecular weight excluding hydrogens is 330 g/mol. The second kappa shape index (κ2) is 6.50. The van der Waals surface area contributed by atoms with Crippen molar-refractivity contribution in [3.63, 3.8) is 0 Å². The van der Waals surface area contributed by atoms with Gasteiger partial charge >= 0.3 is 0 Å². The first-order chi connectivity index (χ1) is 9.97. The fourth-order valence-corrected chi connectivity index (χ4v) is 2.94. The summed E-state index contributed by atoms with van der Waals surface area (Å²) in [5, 5.41) is 0. The number of hydrogen-bond acceptors (Lipinski definition) is 3. The molecular formula is C17H20BrNO2. The monoisotopic (exact) mass is 349 g/mol. The highest BCUT2D eigenvalue weighted by molar-refractivity contribution is 9.10. The average molecular weight is 350 g/mol. The molecule has 2 rings (SSSR count). The zero-order valence-electron chi connectivity index (χ0n) is 12.7. The minimum Gasteiger partial charge on any atom is -0.493 e. The maximum Gasteiger partial charge on any atom is 0.161 e. The van der Waals surface area contributed by atoms with Gasteiger partial charge in [0.2, 0.25) is 0 Å². The summed E-state index contributed by atoms with van der Waals surface area (Å²) in [5.41, 5.74) is 10.9. The van der Waals surface area contributed by atoms with Crippen LogP contribution >= 0.6 is 15.9 Å². The fraction of sp³-hybridized carbons (Fsp3) is 0.294. The van der Waals surface area contributed by atoms with Crippen molar-refractivity contribution in [2.45, 2.75) is 19.9 Å². The number of aryl methyl sites for hydroxylation is 2. The van der Waals surface area contributed by atoms with Crippen LogP contribution in [0.2, 0.25) is 0 Å². The Balaban J connectivity index is 2.52. The number of hydrogen-bond donors (Lipinski definition) is 1. The molecule has 0 saturated heterocycles. The average Bonchev–Trinajstić information content (AvgIpc) is 2.48. The van der Waals surface area contributed by atoms with Gasteiger partial charge in [-0.2, -0.15) is 0 Å². The van der Waals surface area contributed by atoms with Crippen LogP contribution in [0.4, 0.5) is 0 Å². The van der Waals surface area contributed by atoms with Crippen molar-refractivity contribution < 1.29 is 9.47 Å². The van der Waals surface area contributed by atoms with Gasteiger partial charge in [0.05, 0.1) is 20.3 Å². The molecule has 2 aromatic rings. The van der Waals surface area contributed by atoms with Crippen LogP contribution < -0.4 is 15.2 Å². The third-order valence-corrected chi connectivity index (χ3v) is 4.29. The summed E-state index contributed by atoms with van der Waals surface area (Å²) in [5.74, 6) is 1.36. The van der Waals surface area contributed by atoms with Crippen molar-refractivity contribution in [2.75, 3.05) is 14.2 Å². The second-order valence-corrected chi connectivity index (χ2v) is 5.92. The van der Waals surface area contributed by atoms with Gasteiger partial charge in [0.1, 0.15) is 0 Å². The number of methoxy groups -OCH3 is 2. The molecule has 0 saturated carbocycles. The van der Waals surface area contributed by atoms with E-state index in [1.165, 1.54) is 11.1 Å². The smallest absolute Gasteiger partial charge is 0.161 e. The maximum atomic E-state index is 6.48. The Hall–Kier alpha value is -1.52. The molecule has 0 aliphatic carbocycles. The van der Waals surface area contributed by atoms with Crippen LogP contribution in [0.1, 0.15) is 28.3 Å². The Morgan fingerprint density at radius 1 is 0.952 bits per heavy atom. The first-order valence-corrected chi connectivity index (χ1v) is 7.51. The number of halogens is 1. The Morgan fingerprint density at radius 2 is 1.57 bits per heavy atom. The Kier molecular flexibility index (Phi) is 4.91. The molecule has 0 heterocycles. The van der Waals surface area contributed by atoms with E-state index >= 15 is 0 Å². The van der Waals surface area contributed by atoms with Crippen molar-refractivity contribution >= 4 is 15.9 Å². The molecule has 0 bridgehead atoms. The van der Waals surface area contributed by atoms with E-state index in [1.54, 1.807) is 14.2 Å². The molecule has 0 fully saturated rings. The molecule has 3 nitrogen and oxygen atoms in total. The highest BCUT2D eigenvalue weighted by Gasteiger charge is 2.18. The third kappa shape index (κ3) is 3.22. The summed E-state index contributed by atoms with van der Waals surface area (Å²) in [7, 11) is 3.24. The SMILES string of the molecule is COc1cc(Br)c(C(N)c2cc(C)ccc2C)cc1OC. The number of benzene rings is 2. The molecule has 0 spiro atoms. The van der Waals surface area contributed by atoms with Crippen LogP contribution in [0.3, 0.4) is 0 Å². The molecule has 0 aliphatic heterocycles. The van der Waals surface area contributed by atoms with E-state index in [2.05, 4.69) is 48.0 Å². The Labute approximate surface area is 134 Å². The van der Waals surface area contributed by atoms with E-state index in [0.29, 0.717) is 11.5 Å². The molecule has 1 unspecified atom stereocenters. The zero-order valence-corrected chi connectivity index (χ0v) is 14.3. The molecule has 112 valence electrons. The molecule has 0 aromatic heterocycles. The molecule has 21 heavy (non-hydrogen) atoms. The van der Waals surface area contributed by atoms with Gasteiger partial charge in [0.25, 0.3) is 0 Å². The summed E-state index contributed by atoms with van der Waals surface area (Å²) in [6.45, 7) is 4.14. The minimum absolute atomic E-state index is 0.223. The van der Waals surface area contributed by atoms with Crippen LogP contribution in [0.15, 0.2) is 34.8 Å². The molecule has 0 radical (unpaired) electrons. The van der Waals surface area contributed by atoms with E-state index in [-0.39, 0.29) is 6.04 Å². The highest BCUT2D eigenvalue weighted by atomic mass is 79.9. The van der Waals surface area contributed by atoms with E-state index in [1.807, 2.05) is 12.1 Å². The maximum absolute atomic E-state index is 6.48. The second-order valence-electron chi connectivity index (χ2n) is 5.07. The predicted molar refractivity (Wildman–Crippen MR) is 89.2 cm³/mol. The Morgan fingerprint density at radius 3 is 2.19 bits per heavy atom. The summed E-state index contributed by atoms with van der Waals surface area (Å²) in [4.78, 5) is 0. The van der Waals surface area contributed by atoms with Gasteiger partial charge in [0, 0.05) is 4.47 Å². The van der Waals surface area contributed by atoms with Gasteiger partial charge in [-0.15, -0.1) is 0 Å². The summed E-state index contributed by atoms with van der Waals surface area (Å²) < 4.78 is 11.6. The van der Waals surface area contributed by atoms with E-state index in [4.69, 9.17) is 15.2 Å². The minimum atomic E-state index is -0.223. The lowest BCUT2D eigenvalue weighted by molar-refractivity contribution is 0.354. The fourth-order valence-electron chi connectivity index (χ4n) is 2.37. The van der Waals surface area contributed by atoms with Crippen LogP contribution in [-0.4, -0.2) is 14.2 Å². The number of ether oxygens (including phenoxy) is 2. The van der Waals surface area contributed by atoms with Crippen molar-refractivity contribution in [1.29, 1.82) is 0 Å². The van der Waals surface area contributed by atoms with Gasteiger partial charge in [-0.25, -0.2) is 0 Å². The van der Waals surface area contributed by atoms with Gasteiger partial charge in [0.15, 0.2) is 11.5 Å². The molecule has 0 amide bonds. The lowest BCUT2D eigenvalue weighted by Gasteiger charge is -2.19. The highest BCUT2D eigenvalue weighted by Crippen LogP contribution is 2.37. The van der Waals surface area contributed by atoms with Crippen molar-refractivity contribution in [3.8, 4) is 11.5 Å². The first-order valence-electron chi connectivity index (χ1n) is 6.72. The van der Waals surface area contributed by atoms with Crippen LogP contribution in [0.25, 0.3) is 0 Å². The summed E-state index contributed by atoms with van der Waals surface area (Å²) in [6.07, 6.45) is 0. The first kappa shape index (κ1) is 15.9.